The van der Waals surface area contributed by atoms with E-state index < -0.39 is 0 Å². The van der Waals surface area contributed by atoms with Crippen molar-refractivity contribution in [3.8, 4) is 0 Å². The Labute approximate surface area is 119 Å². The number of amides is 1. The van der Waals surface area contributed by atoms with Gasteiger partial charge in [-0.1, -0.05) is 6.07 Å². The Morgan fingerprint density at radius 3 is 3.00 bits per heavy atom. The fourth-order valence-electron chi connectivity index (χ4n) is 3.24. The molecule has 2 aliphatic rings. The Hall–Kier alpha value is -1.55. The normalized spacial score (nSPS) is 24.3. The Morgan fingerprint density at radius 1 is 1.45 bits per heavy atom. The van der Waals surface area contributed by atoms with Gasteiger partial charge in [-0.25, -0.2) is 0 Å². The fourth-order valence-corrected chi connectivity index (χ4v) is 3.24. The maximum atomic E-state index is 12.6. The minimum absolute atomic E-state index is 0.104. The van der Waals surface area contributed by atoms with Gasteiger partial charge in [-0.2, -0.15) is 0 Å². The minimum atomic E-state index is -0.155. The van der Waals surface area contributed by atoms with Crippen molar-refractivity contribution >= 4 is 11.6 Å². The summed E-state index contributed by atoms with van der Waals surface area (Å²) in [7, 11) is 1.86. The van der Waals surface area contributed by atoms with Crippen LogP contribution in [0.15, 0.2) is 18.2 Å². The Balaban J connectivity index is 1.73. The summed E-state index contributed by atoms with van der Waals surface area (Å²) in [5.74, 6) is 0.559. The number of fused-ring (bicyclic) bond motifs is 1. The van der Waals surface area contributed by atoms with Gasteiger partial charge in [0.1, 0.15) is 0 Å². The number of anilines is 1. The highest BCUT2D eigenvalue weighted by atomic mass is 16.3. The van der Waals surface area contributed by atoms with Gasteiger partial charge in [0.25, 0.3) is 5.91 Å². The molecule has 1 amide bonds. The van der Waals surface area contributed by atoms with Crippen molar-refractivity contribution in [1.82, 2.24) is 4.90 Å². The summed E-state index contributed by atoms with van der Waals surface area (Å²) in [6.45, 7) is 1.73. The number of rotatable bonds is 3. The van der Waals surface area contributed by atoms with Crippen LogP contribution in [-0.4, -0.2) is 42.2 Å². The van der Waals surface area contributed by atoms with Crippen molar-refractivity contribution < 1.29 is 9.90 Å². The van der Waals surface area contributed by atoms with Gasteiger partial charge in [0.15, 0.2) is 0 Å². The highest BCUT2D eigenvalue weighted by Gasteiger charge is 2.30. The molecule has 1 aromatic carbocycles. The Bertz CT molecular complexity index is 509. The lowest BCUT2D eigenvalue weighted by Gasteiger charge is -2.34. The van der Waals surface area contributed by atoms with Gasteiger partial charge in [-0.3, -0.25) is 4.79 Å². The molecule has 0 spiro atoms. The molecule has 0 unspecified atom stereocenters. The number of nitrogens with one attached hydrogen (secondary N) is 1. The molecule has 0 radical (unpaired) electrons. The van der Waals surface area contributed by atoms with E-state index in [-0.39, 0.29) is 12.0 Å². The summed E-state index contributed by atoms with van der Waals surface area (Å²) in [6, 6.07) is 5.93. The summed E-state index contributed by atoms with van der Waals surface area (Å²) >= 11 is 0. The first-order valence-corrected chi connectivity index (χ1v) is 7.44. The maximum absolute atomic E-state index is 12.6. The smallest absolute Gasteiger partial charge is 0.253 e. The third-order valence-corrected chi connectivity index (χ3v) is 4.42. The van der Waals surface area contributed by atoms with Crippen LogP contribution in [0.25, 0.3) is 0 Å². The van der Waals surface area contributed by atoms with Crippen LogP contribution in [0.4, 0.5) is 5.69 Å². The molecule has 20 heavy (non-hydrogen) atoms. The van der Waals surface area contributed by atoms with Crippen molar-refractivity contribution in [1.29, 1.82) is 0 Å². The highest BCUT2D eigenvalue weighted by Crippen LogP contribution is 2.29. The maximum Gasteiger partial charge on any atom is 0.253 e. The van der Waals surface area contributed by atoms with Crippen molar-refractivity contribution in [3.63, 3.8) is 0 Å². The lowest BCUT2D eigenvalue weighted by atomic mass is 9.82. The first-order chi connectivity index (χ1) is 9.65. The van der Waals surface area contributed by atoms with Crippen LogP contribution in [0.1, 0.15) is 35.2 Å². The zero-order valence-electron chi connectivity index (χ0n) is 11.9. The number of aliphatic hydroxyl groups excluding tert-OH is 1. The molecule has 0 bridgehead atoms. The SMILES string of the molecule is CN(CC1CC(O)C1)C(=O)c1cccc2c1CCCN2. The van der Waals surface area contributed by atoms with Crippen molar-refractivity contribution in [2.45, 2.75) is 31.8 Å². The monoisotopic (exact) mass is 274 g/mol. The molecular weight excluding hydrogens is 252 g/mol. The second-order valence-corrected chi connectivity index (χ2v) is 6.04. The number of benzene rings is 1. The van der Waals surface area contributed by atoms with Gasteiger partial charge in [0.2, 0.25) is 0 Å². The average molecular weight is 274 g/mol. The van der Waals surface area contributed by atoms with E-state index in [0.29, 0.717) is 5.92 Å². The van der Waals surface area contributed by atoms with E-state index in [9.17, 15) is 9.90 Å². The lowest BCUT2D eigenvalue weighted by Crippen LogP contribution is -2.39. The number of nitrogens with zero attached hydrogens (tertiary/aromatic N) is 1. The molecule has 1 aliphatic carbocycles. The van der Waals surface area contributed by atoms with Crippen molar-refractivity contribution in [2.24, 2.45) is 5.92 Å². The number of aliphatic hydroxyl groups is 1. The molecular formula is C16H22N2O2. The van der Waals surface area contributed by atoms with Crippen LogP contribution in [0.3, 0.4) is 0 Å². The van der Waals surface area contributed by atoms with Crippen LogP contribution in [0.5, 0.6) is 0 Å². The number of carbonyl (C=O) groups excluding carboxylic acids is 1. The van der Waals surface area contributed by atoms with Gasteiger partial charge in [-0.05, 0) is 49.3 Å². The molecule has 1 saturated carbocycles. The summed E-state index contributed by atoms with van der Waals surface area (Å²) < 4.78 is 0. The van der Waals surface area contributed by atoms with Gasteiger partial charge in [-0.15, -0.1) is 0 Å². The zero-order valence-corrected chi connectivity index (χ0v) is 11.9. The molecule has 0 atom stereocenters. The van der Waals surface area contributed by atoms with Gasteiger partial charge < -0.3 is 15.3 Å². The van der Waals surface area contributed by atoms with E-state index in [1.807, 2.05) is 25.2 Å². The van der Waals surface area contributed by atoms with E-state index in [4.69, 9.17) is 0 Å². The van der Waals surface area contributed by atoms with E-state index in [1.54, 1.807) is 4.90 Å². The Kier molecular flexibility index (Phi) is 3.66. The van der Waals surface area contributed by atoms with Gasteiger partial charge >= 0.3 is 0 Å². The summed E-state index contributed by atoms with van der Waals surface area (Å²) in [6.07, 6.45) is 3.55. The number of carbonyl (C=O) groups is 1. The van der Waals surface area contributed by atoms with Crippen LogP contribution in [-0.2, 0) is 6.42 Å². The standard InChI is InChI=1S/C16H22N2O2/c1-18(10-11-8-12(19)9-11)16(20)14-4-2-6-15-13(14)5-3-7-17-15/h2,4,6,11-12,17,19H,3,5,7-10H2,1H3. The van der Waals surface area contributed by atoms with Gasteiger partial charge in [0, 0.05) is 31.4 Å². The van der Waals surface area contributed by atoms with Crippen LogP contribution < -0.4 is 5.32 Å². The number of hydrogen-bond acceptors (Lipinski definition) is 3. The minimum Gasteiger partial charge on any atom is -0.393 e. The average Bonchev–Trinajstić information content (AvgIpc) is 2.44. The second kappa shape index (κ2) is 5.44. The summed E-state index contributed by atoms with van der Waals surface area (Å²) in [4.78, 5) is 14.4. The molecule has 2 N–H and O–H groups in total. The van der Waals surface area contributed by atoms with Gasteiger partial charge in [0.05, 0.1) is 6.10 Å². The third kappa shape index (κ3) is 2.52. The van der Waals surface area contributed by atoms with E-state index in [1.165, 1.54) is 0 Å². The predicted octanol–water partition coefficient (Wildman–Crippen LogP) is 1.89. The second-order valence-electron chi connectivity index (χ2n) is 6.04. The quantitative estimate of drug-likeness (QED) is 0.885. The zero-order chi connectivity index (χ0) is 14.1. The molecule has 108 valence electrons. The summed E-state index contributed by atoms with van der Waals surface area (Å²) in [5.41, 5.74) is 3.09. The molecule has 1 heterocycles. The molecule has 4 heteroatoms. The van der Waals surface area contributed by atoms with Crippen molar-refractivity contribution in [3.05, 3.63) is 29.3 Å². The van der Waals surface area contributed by atoms with E-state index >= 15 is 0 Å². The molecule has 0 saturated heterocycles. The third-order valence-electron chi connectivity index (χ3n) is 4.42. The molecule has 1 aliphatic heterocycles. The van der Waals surface area contributed by atoms with E-state index in [2.05, 4.69) is 5.32 Å². The first-order valence-electron chi connectivity index (χ1n) is 7.44. The van der Waals surface area contributed by atoms with Crippen molar-refractivity contribution in [2.75, 3.05) is 25.5 Å². The molecule has 4 nitrogen and oxygen atoms in total. The predicted molar refractivity (Wildman–Crippen MR) is 78.9 cm³/mol. The van der Waals surface area contributed by atoms with E-state index in [0.717, 1.165) is 55.6 Å². The molecule has 3 rings (SSSR count). The molecule has 1 aromatic rings. The number of hydrogen-bond donors (Lipinski definition) is 2. The fraction of sp³-hybridized carbons (Fsp3) is 0.562. The first kappa shape index (κ1) is 13.4. The largest absolute Gasteiger partial charge is 0.393 e. The molecule has 0 aromatic heterocycles. The van der Waals surface area contributed by atoms with Crippen LogP contribution >= 0.6 is 0 Å². The van der Waals surface area contributed by atoms with Crippen LogP contribution in [0, 0.1) is 5.92 Å². The Morgan fingerprint density at radius 2 is 2.25 bits per heavy atom. The summed E-state index contributed by atoms with van der Waals surface area (Å²) in [5, 5.41) is 12.7. The van der Waals surface area contributed by atoms with Crippen LogP contribution in [0.2, 0.25) is 0 Å². The lowest BCUT2D eigenvalue weighted by molar-refractivity contribution is 0.0265. The highest BCUT2D eigenvalue weighted by molar-refractivity contribution is 5.97. The molecule has 1 fully saturated rings. The topological polar surface area (TPSA) is 52.6 Å².